The minimum absolute atomic E-state index is 0.984. The van der Waals surface area contributed by atoms with Gasteiger partial charge in [0.25, 0.3) is 0 Å². The Balaban J connectivity index is 1.49. The molecular formula is C43H39Br2N. The van der Waals surface area contributed by atoms with Gasteiger partial charge in [-0.15, -0.1) is 0 Å². The normalized spacial score (nSPS) is 11.1. The molecule has 0 aliphatic heterocycles. The summed E-state index contributed by atoms with van der Waals surface area (Å²) < 4.78 is 2.22. The molecular weight excluding hydrogens is 690 g/mol. The van der Waals surface area contributed by atoms with Crippen molar-refractivity contribution in [3.8, 4) is 33.4 Å². The van der Waals surface area contributed by atoms with Gasteiger partial charge in [-0.05, 0) is 168 Å². The number of hydrogen-bond donors (Lipinski definition) is 0. The van der Waals surface area contributed by atoms with Crippen LogP contribution in [0.1, 0.15) is 40.3 Å². The molecule has 230 valence electrons. The Bertz CT molecular complexity index is 2070. The van der Waals surface area contributed by atoms with Crippen LogP contribution in [0.4, 0.5) is 17.1 Å². The smallest absolute Gasteiger partial charge is 0.0464 e. The lowest BCUT2D eigenvalue weighted by atomic mass is 9.93. The molecule has 0 amide bonds. The molecule has 0 heterocycles. The molecule has 0 radical (unpaired) electrons. The highest BCUT2D eigenvalue weighted by atomic mass is 79.9. The quantitative estimate of drug-likeness (QED) is 0.158. The topological polar surface area (TPSA) is 3.24 Å². The van der Waals surface area contributed by atoms with E-state index in [1.807, 2.05) is 0 Å². The number of halogens is 2. The number of nitrogens with zero attached hydrogens (tertiary/aromatic N) is 1. The Morgan fingerprint density at radius 3 is 1.26 bits per heavy atom. The number of aryl methyl sites for hydroxylation is 6. The Morgan fingerprint density at radius 2 is 0.804 bits per heavy atom. The fourth-order valence-corrected chi connectivity index (χ4v) is 7.52. The maximum atomic E-state index is 3.66. The minimum Gasteiger partial charge on any atom is -0.310 e. The van der Waals surface area contributed by atoms with E-state index in [0.29, 0.717) is 0 Å². The van der Waals surface area contributed by atoms with Crippen molar-refractivity contribution in [1.82, 2.24) is 0 Å². The van der Waals surface area contributed by atoms with Gasteiger partial charge >= 0.3 is 0 Å². The average Bonchev–Trinajstić information content (AvgIpc) is 3.03. The van der Waals surface area contributed by atoms with E-state index < -0.39 is 0 Å². The van der Waals surface area contributed by atoms with E-state index >= 15 is 0 Å². The summed E-state index contributed by atoms with van der Waals surface area (Å²) in [7, 11) is 0. The van der Waals surface area contributed by atoms with Gasteiger partial charge in [-0.1, -0.05) is 93.4 Å². The second kappa shape index (κ2) is 13.4. The summed E-state index contributed by atoms with van der Waals surface area (Å²) in [5.41, 5.74) is 18.7. The van der Waals surface area contributed by atoms with Gasteiger partial charge in [0.2, 0.25) is 0 Å². The van der Waals surface area contributed by atoms with Gasteiger partial charge in [-0.3, -0.25) is 0 Å². The third-order valence-electron chi connectivity index (χ3n) is 9.06. The van der Waals surface area contributed by atoms with Crippen molar-refractivity contribution in [3.05, 3.63) is 158 Å². The van der Waals surface area contributed by atoms with Gasteiger partial charge in [0.1, 0.15) is 0 Å². The highest BCUT2D eigenvalue weighted by Crippen LogP contribution is 2.41. The Hall–Kier alpha value is -3.92. The Kier molecular flexibility index (Phi) is 9.36. The lowest BCUT2D eigenvalue weighted by Crippen LogP contribution is -2.11. The highest BCUT2D eigenvalue weighted by Gasteiger charge is 2.18. The van der Waals surface area contributed by atoms with Crippen LogP contribution < -0.4 is 4.90 Å². The van der Waals surface area contributed by atoms with Crippen molar-refractivity contribution in [2.45, 2.75) is 48.0 Å². The molecule has 0 bridgehead atoms. The molecule has 1 nitrogen and oxygen atoms in total. The number of rotatable bonds is 7. The van der Waals surface area contributed by atoms with Crippen LogP contribution in [-0.2, 0) is 6.42 Å². The molecule has 0 saturated carbocycles. The summed E-state index contributed by atoms with van der Waals surface area (Å²) in [4.78, 5) is 2.40. The van der Waals surface area contributed by atoms with Crippen molar-refractivity contribution in [2.75, 3.05) is 4.90 Å². The van der Waals surface area contributed by atoms with Crippen LogP contribution >= 0.6 is 31.9 Å². The monoisotopic (exact) mass is 727 g/mol. The third-order valence-corrected chi connectivity index (χ3v) is 10.0. The van der Waals surface area contributed by atoms with Gasteiger partial charge in [0, 0.05) is 26.0 Å². The predicted octanol–water partition coefficient (Wildman–Crippen LogP) is 13.8. The number of benzene rings is 6. The molecule has 6 aromatic carbocycles. The molecule has 0 saturated heterocycles. The van der Waals surface area contributed by atoms with Crippen LogP contribution in [-0.4, -0.2) is 0 Å². The molecule has 0 spiro atoms. The Labute approximate surface area is 291 Å². The van der Waals surface area contributed by atoms with Gasteiger partial charge < -0.3 is 4.90 Å². The van der Waals surface area contributed by atoms with E-state index in [1.54, 1.807) is 0 Å². The van der Waals surface area contributed by atoms with E-state index in [9.17, 15) is 0 Å². The van der Waals surface area contributed by atoms with Crippen LogP contribution in [0.2, 0.25) is 0 Å². The van der Waals surface area contributed by atoms with Crippen molar-refractivity contribution in [3.63, 3.8) is 0 Å². The van der Waals surface area contributed by atoms with Crippen LogP contribution in [0.5, 0.6) is 0 Å². The summed E-state index contributed by atoms with van der Waals surface area (Å²) in [6.07, 6.45) is 0.984. The zero-order valence-electron chi connectivity index (χ0n) is 27.4. The average molecular weight is 730 g/mol. The number of hydrogen-bond acceptors (Lipinski definition) is 1. The first-order chi connectivity index (χ1) is 22.1. The molecule has 3 heteroatoms. The summed E-state index contributed by atoms with van der Waals surface area (Å²) in [6, 6.07) is 42.4. The zero-order valence-corrected chi connectivity index (χ0v) is 30.6. The molecule has 0 atom stereocenters. The van der Waals surface area contributed by atoms with Crippen LogP contribution in [0.3, 0.4) is 0 Å². The molecule has 0 fully saturated rings. The second-order valence-electron chi connectivity index (χ2n) is 12.3. The third kappa shape index (κ3) is 6.36. The van der Waals surface area contributed by atoms with E-state index in [-0.39, 0.29) is 0 Å². The Morgan fingerprint density at radius 1 is 0.413 bits per heavy atom. The fourth-order valence-electron chi connectivity index (χ4n) is 6.64. The van der Waals surface area contributed by atoms with Gasteiger partial charge in [-0.25, -0.2) is 0 Å². The largest absolute Gasteiger partial charge is 0.310 e. The van der Waals surface area contributed by atoms with Crippen LogP contribution in [0.15, 0.2) is 124 Å². The summed E-state index contributed by atoms with van der Waals surface area (Å²) in [5.74, 6) is 0. The van der Waals surface area contributed by atoms with Crippen molar-refractivity contribution < 1.29 is 0 Å². The standard InChI is InChI=1S/C43H39Br2N/c1-7-32-26-34(45)13-18-43(32)42-21-16-37(25-31(42)6)46(35-14-19-40(29(4)23-35)38-11-9-8-10-27(38)2)36-15-20-41(30(5)24-36)39-17-12-33(44)22-28(39)3/h8-26H,7H2,1-6H3. The SMILES string of the molecule is CCc1cc(Br)ccc1-c1ccc(N(c2ccc(-c3ccccc3C)c(C)c2)c2ccc(-c3ccc(Br)cc3C)c(C)c2)cc1C. The van der Waals surface area contributed by atoms with Crippen LogP contribution in [0.25, 0.3) is 33.4 Å². The number of anilines is 3. The minimum atomic E-state index is 0.984. The van der Waals surface area contributed by atoms with Gasteiger partial charge in [0.05, 0.1) is 0 Å². The maximum absolute atomic E-state index is 3.66. The fraction of sp³-hybridized carbons (Fsp3) is 0.163. The zero-order chi connectivity index (χ0) is 32.5. The second-order valence-corrected chi connectivity index (χ2v) is 14.1. The van der Waals surface area contributed by atoms with Crippen molar-refractivity contribution in [2.24, 2.45) is 0 Å². The van der Waals surface area contributed by atoms with Crippen molar-refractivity contribution in [1.29, 1.82) is 0 Å². The van der Waals surface area contributed by atoms with E-state index in [0.717, 1.165) is 32.4 Å². The van der Waals surface area contributed by atoms with E-state index in [1.165, 1.54) is 66.8 Å². The molecule has 46 heavy (non-hydrogen) atoms. The molecule has 6 aromatic rings. The first-order valence-corrected chi connectivity index (χ1v) is 17.5. The van der Waals surface area contributed by atoms with Crippen LogP contribution in [0, 0.1) is 34.6 Å². The molecule has 6 rings (SSSR count). The maximum Gasteiger partial charge on any atom is 0.0464 e. The first-order valence-electron chi connectivity index (χ1n) is 15.9. The van der Waals surface area contributed by atoms with Gasteiger partial charge in [-0.2, -0.15) is 0 Å². The van der Waals surface area contributed by atoms with E-state index in [4.69, 9.17) is 0 Å². The summed E-state index contributed by atoms with van der Waals surface area (Å²) >= 11 is 7.29. The first kappa shape index (κ1) is 32.0. The predicted molar refractivity (Wildman–Crippen MR) is 206 cm³/mol. The summed E-state index contributed by atoms with van der Waals surface area (Å²) in [6.45, 7) is 13.3. The van der Waals surface area contributed by atoms with Crippen molar-refractivity contribution >= 4 is 48.9 Å². The lowest BCUT2D eigenvalue weighted by molar-refractivity contribution is 1.14. The molecule has 0 aromatic heterocycles. The summed E-state index contributed by atoms with van der Waals surface area (Å²) in [5, 5.41) is 0. The molecule has 0 aliphatic carbocycles. The molecule has 0 unspecified atom stereocenters. The highest BCUT2D eigenvalue weighted by molar-refractivity contribution is 9.10. The van der Waals surface area contributed by atoms with Gasteiger partial charge in [0.15, 0.2) is 0 Å². The lowest BCUT2D eigenvalue weighted by Gasteiger charge is -2.28. The molecule has 0 aliphatic rings. The molecule has 0 N–H and O–H groups in total. The van der Waals surface area contributed by atoms with E-state index in [2.05, 4.69) is 194 Å².